The third-order valence-corrected chi connectivity index (χ3v) is 16.2. The van der Waals surface area contributed by atoms with Crippen LogP contribution in [0.1, 0.15) is 276 Å². The monoisotopic (exact) mass is 895 g/mol. The Hall–Kier alpha value is -3.52. The molecule has 2 atom stereocenters. The van der Waals surface area contributed by atoms with Crippen molar-refractivity contribution in [2.75, 3.05) is 11.5 Å². The van der Waals surface area contributed by atoms with Gasteiger partial charge in [0.25, 0.3) is 0 Å². The molecule has 1 aliphatic rings. The van der Waals surface area contributed by atoms with Gasteiger partial charge in [-0.3, -0.25) is 0 Å². The van der Waals surface area contributed by atoms with Crippen molar-refractivity contribution in [1.82, 2.24) is 0 Å². The lowest BCUT2D eigenvalue weighted by molar-refractivity contribution is 0.250. The predicted octanol–water partition coefficient (Wildman–Crippen LogP) is 19.8. The van der Waals surface area contributed by atoms with Crippen molar-refractivity contribution in [3.63, 3.8) is 0 Å². The van der Waals surface area contributed by atoms with E-state index in [0.29, 0.717) is 11.8 Å². The average Bonchev–Trinajstić information content (AvgIpc) is 3.32. The Morgan fingerprint density at radius 3 is 1.11 bits per heavy atom. The van der Waals surface area contributed by atoms with Crippen LogP contribution in [-0.4, -0.2) is 0 Å². The lowest BCUT2D eigenvalue weighted by atomic mass is 9.62. The predicted molar refractivity (Wildman–Crippen MR) is 292 cm³/mol. The van der Waals surface area contributed by atoms with E-state index in [0.717, 1.165) is 17.3 Å². The molecule has 0 radical (unpaired) electrons. The normalized spacial score (nSPS) is 17.3. The first-order chi connectivity index (χ1) is 32.3. The third-order valence-electron chi connectivity index (χ3n) is 16.2. The molecule has 5 rings (SSSR count). The Bertz CT molecular complexity index is 1760. The minimum Gasteiger partial charge on any atom is -0.399 e. The molecule has 4 aromatic carbocycles. The van der Waals surface area contributed by atoms with Gasteiger partial charge in [0.15, 0.2) is 0 Å². The fourth-order valence-corrected chi connectivity index (χ4v) is 12.0. The van der Waals surface area contributed by atoms with Crippen LogP contribution in [0.25, 0.3) is 0 Å². The SMILES string of the molecule is CCCCCCCCCCCC(c1ccc(C2(c3ccc(C(CCCCCCCCCCC)c4ccc(N)cc4C)cc3)CCC(CCCCCCCC)CC2)cc1)c1ccc(N)cc1C. The lowest BCUT2D eigenvalue weighted by Crippen LogP contribution is -2.33. The Kier molecular flexibility index (Phi) is 24.3. The molecule has 0 spiro atoms. The topological polar surface area (TPSA) is 52.0 Å². The van der Waals surface area contributed by atoms with Crippen molar-refractivity contribution < 1.29 is 0 Å². The highest BCUT2D eigenvalue weighted by Gasteiger charge is 2.38. The first-order valence-corrected chi connectivity index (χ1v) is 28.2. The van der Waals surface area contributed by atoms with Crippen LogP contribution in [0.5, 0.6) is 0 Å². The van der Waals surface area contributed by atoms with Gasteiger partial charge in [-0.05, 0) is 127 Å². The quantitative estimate of drug-likeness (QED) is 0.0370. The largest absolute Gasteiger partial charge is 0.399 e. The zero-order valence-electron chi connectivity index (χ0n) is 43.4. The van der Waals surface area contributed by atoms with Crippen LogP contribution in [0.2, 0.25) is 0 Å². The van der Waals surface area contributed by atoms with Gasteiger partial charge in [0.2, 0.25) is 0 Å². The fraction of sp³-hybridized carbons (Fsp3) is 0.625. The number of hydrogen-bond donors (Lipinski definition) is 2. The van der Waals surface area contributed by atoms with Crippen LogP contribution in [0, 0.1) is 19.8 Å². The highest BCUT2D eigenvalue weighted by Crippen LogP contribution is 2.49. The summed E-state index contributed by atoms with van der Waals surface area (Å²) in [6.07, 6.45) is 41.8. The van der Waals surface area contributed by atoms with E-state index in [-0.39, 0.29) is 5.41 Å². The van der Waals surface area contributed by atoms with Crippen molar-refractivity contribution in [1.29, 1.82) is 0 Å². The van der Waals surface area contributed by atoms with Crippen molar-refractivity contribution in [2.24, 2.45) is 5.92 Å². The Morgan fingerprint density at radius 1 is 0.424 bits per heavy atom. The molecule has 4 N–H and O–H groups in total. The van der Waals surface area contributed by atoms with Crippen molar-refractivity contribution in [3.05, 3.63) is 129 Å². The standard InChI is InChI=1S/C64H98N2/c1-6-9-12-15-18-20-22-25-28-31-62(60-43-41-58(65)49-51(60)4)54-33-37-56(38-34-54)64(47-45-53(46-48-64)30-27-24-17-14-11-8-3)57-39-35-55(36-40-57)63(61-44-42-59(66)50-52(61)5)32-29-26-23-21-19-16-13-10-7-2/h33-44,49-50,53,62-63H,6-32,45-48,65-66H2,1-5H3. The van der Waals surface area contributed by atoms with E-state index in [1.807, 2.05) is 0 Å². The highest BCUT2D eigenvalue weighted by atomic mass is 14.5. The number of nitrogens with two attached hydrogens (primary N) is 2. The Balaban J connectivity index is 1.37. The van der Waals surface area contributed by atoms with Gasteiger partial charge in [-0.25, -0.2) is 0 Å². The fourth-order valence-electron chi connectivity index (χ4n) is 12.0. The molecule has 2 unspecified atom stereocenters. The second-order valence-electron chi connectivity index (χ2n) is 21.4. The maximum atomic E-state index is 6.31. The van der Waals surface area contributed by atoms with Gasteiger partial charge in [-0.1, -0.05) is 242 Å². The summed E-state index contributed by atoms with van der Waals surface area (Å²) >= 11 is 0. The van der Waals surface area contributed by atoms with Crippen LogP contribution in [0.3, 0.4) is 0 Å². The molecule has 2 nitrogen and oxygen atoms in total. The van der Waals surface area contributed by atoms with Crippen molar-refractivity contribution in [2.45, 2.75) is 251 Å². The van der Waals surface area contributed by atoms with E-state index in [1.165, 1.54) is 244 Å². The van der Waals surface area contributed by atoms with Crippen molar-refractivity contribution >= 4 is 11.4 Å². The maximum Gasteiger partial charge on any atom is 0.0316 e. The molecule has 1 aliphatic carbocycles. The molecule has 1 fully saturated rings. The number of nitrogen functional groups attached to an aromatic ring is 2. The van der Waals surface area contributed by atoms with Crippen LogP contribution in [0.15, 0.2) is 84.9 Å². The zero-order chi connectivity index (χ0) is 46.8. The first kappa shape index (κ1) is 53.4. The number of benzene rings is 4. The molecule has 1 saturated carbocycles. The van der Waals surface area contributed by atoms with E-state index >= 15 is 0 Å². The Labute approximate surface area is 407 Å². The minimum atomic E-state index is 0.0438. The smallest absolute Gasteiger partial charge is 0.0316 e. The van der Waals surface area contributed by atoms with Gasteiger partial charge >= 0.3 is 0 Å². The molecule has 0 bridgehead atoms. The number of unbranched alkanes of at least 4 members (excludes halogenated alkanes) is 21. The summed E-state index contributed by atoms with van der Waals surface area (Å²) in [5.41, 5.74) is 25.9. The molecule has 364 valence electrons. The van der Waals surface area contributed by atoms with E-state index in [4.69, 9.17) is 11.5 Å². The summed E-state index contributed by atoms with van der Waals surface area (Å²) in [6, 6.07) is 33.6. The van der Waals surface area contributed by atoms with Crippen LogP contribution >= 0.6 is 0 Å². The summed E-state index contributed by atoms with van der Waals surface area (Å²) in [6.45, 7) is 11.5. The van der Waals surface area contributed by atoms with Crippen LogP contribution in [0.4, 0.5) is 11.4 Å². The van der Waals surface area contributed by atoms with E-state index < -0.39 is 0 Å². The maximum absolute atomic E-state index is 6.31. The summed E-state index contributed by atoms with van der Waals surface area (Å²) < 4.78 is 0. The van der Waals surface area contributed by atoms with Gasteiger partial charge in [0, 0.05) is 28.6 Å². The van der Waals surface area contributed by atoms with Gasteiger partial charge in [-0.2, -0.15) is 0 Å². The molecule has 0 saturated heterocycles. The molecule has 4 aromatic rings. The van der Waals surface area contributed by atoms with E-state index in [9.17, 15) is 0 Å². The molecule has 2 heteroatoms. The molecular weight excluding hydrogens is 797 g/mol. The highest BCUT2D eigenvalue weighted by molar-refractivity contribution is 5.51. The number of rotatable bonds is 33. The molecule has 0 heterocycles. The number of hydrogen-bond acceptors (Lipinski definition) is 2. The van der Waals surface area contributed by atoms with Crippen molar-refractivity contribution in [3.8, 4) is 0 Å². The molecule has 0 aromatic heterocycles. The number of anilines is 2. The van der Waals surface area contributed by atoms with E-state index in [2.05, 4.69) is 120 Å². The minimum absolute atomic E-state index is 0.0438. The van der Waals surface area contributed by atoms with E-state index in [1.54, 1.807) is 0 Å². The lowest BCUT2D eigenvalue weighted by Gasteiger charge is -2.42. The van der Waals surface area contributed by atoms with Crippen LogP contribution in [-0.2, 0) is 5.41 Å². The van der Waals surface area contributed by atoms with Gasteiger partial charge in [0.05, 0.1) is 0 Å². The summed E-state index contributed by atoms with van der Waals surface area (Å²) in [4.78, 5) is 0. The Morgan fingerprint density at radius 2 is 0.758 bits per heavy atom. The summed E-state index contributed by atoms with van der Waals surface area (Å²) in [5.74, 6) is 1.64. The zero-order valence-corrected chi connectivity index (χ0v) is 43.4. The number of aryl methyl sites for hydroxylation is 2. The molecule has 66 heavy (non-hydrogen) atoms. The third kappa shape index (κ3) is 16.9. The summed E-state index contributed by atoms with van der Waals surface area (Å²) in [7, 11) is 0. The van der Waals surface area contributed by atoms with Gasteiger partial charge < -0.3 is 11.5 Å². The molecule has 0 aliphatic heterocycles. The van der Waals surface area contributed by atoms with Gasteiger partial charge in [-0.15, -0.1) is 0 Å². The second-order valence-corrected chi connectivity index (χ2v) is 21.4. The molecule has 0 amide bonds. The van der Waals surface area contributed by atoms with Gasteiger partial charge in [0.1, 0.15) is 0 Å². The second kappa shape index (κ2) is 30.1. The van der Waals surface area contributed by atoms with Crippen LogP contribution < -0.4 is 11.5 Å². The average molecular weight is 896 g/mol. The first-order valence-electron chi connectivity index (χ1n) is 28.2. The molecular formula is C64H98N2. The summed E-state index contributed by atoms with van der Waals surface area (Å²) in [5, 5.41) is 0.